The van der Waals surface area contributed by atoms with Crippen molar-refractivity contribution < 1.29 is 19.8 Å². The highest BCUT2D eigenvalue weighted by Crippen LogP contribution is 1.70. The Bertz CT molecular complexity index is 270. The SMILES string of the molecule is N=C(N)NC(=N)N.O=C(O)/C=C\C(=O)O. The van der Waals surface area contributed by atoms with Crippen LogP contribution >= 0.6 is 0 Å². The van der Waals surface area contributed by atoms with Crippen LogP contribution in [0.5, 0.6) is 0 Å². The fraction of sp³-hybridized carbons (Fsp3) is 0. The van der Waals surface area contributed by atoms with Crippen molar-refractivity contribution in [1.29, 1.82) is 10.8 Å². The van der Waals surface area contributed by atoms with Gasteiger partial charge in [0.15, 0.2) is 11.9 Å². The second kappa shape index (κ2) is 8.04. The van der Waals surface area contributed by atoms with Crippen molar-refractivity contribution in [3.63, 3.8) is 0 Å². The van der Waals surface area contributed by atoms with Crippen LogP contribution in [-0.4, -0.2) is 34.1 Å². The predicted octanol–water partition coefficient (Wildman–Crippen LogP) is -1.93. The van der Waals surface area contributed by atoms with Gasteiger partial charge in [0.25, 0.3) is 0 Å². The maximum atomic E-state index is 9.55. The summed E-state index contributed by atoms with van der Waals surface area (Å²) in [6.45, 7) is 0. The molecular weight excluding hydrogens is 206 g/mol. The van der Waals surface area contributed by atoms with Crippen molar-refractivity contribution in [2.24, 2.45) is 11.5 Å². The molecule has 0 fully saturated rings. The molecular formula is C6H11N5O4. The summed E-state index contributed by atoms with van der Waals surface area (Å²) in [6, 6.07) is 0. The third kappa shape index (κ3) is 24.6. The first-order chi connectivity index (χ1) is 6.75. The van der Waals surface area contributed by atoms with Gasteiger partial charge in [-0.2, -0.15) is 0 Å². The van der Waals surface area contributed by atoms with Gasteiger partial charge in [-0.05, 0) is 0 Å². The molecule has 0 heterocycles. The van der Waals surface area contributed by atoms with E-state index in [-0.39, 0.29) is 11.9 Å². The first-order valence-electron chi connectivity index (χ1n) is 3.34. The number of carboxylic acids is 2. The van der Waals surface area contributed by atoms with Crippen LogP contribution in [0.3, 0.4) is 0 Å². The van der Waals surface area contributed by atoms with Gasteiger partial charge in [-0.3, -0.25) is 16.1 Å². The summed E-state index contributed by atoms with van der Waals surface area (Å²) in [7, 11) is 0. The topological polar surface area (TPSA) is 186 Å². The third-order valence-corrected chi connectivity index (χ3v) is 0.638. The van der Waals surface area contributed by atoms with Crippen LogP contribution in [0.2, 0.25) is 0 Å². The molecule has 0 radical (unpaired) electrons. The molecule has 0 rings (SSSR count). The molecule has 9 N–H and O–H groups in total. The number of hydrogen-bond donors (Lipinski definition) is 7. The minimum absolute atomic E-state index is 0.312. The van der Waals surface area contributed by atoms with Crippen LogP contribution in [0.1, 0.15) is 0 Å². The average Bonchev–Trinajstić information content (AvgIpc) is 1.99. The number of guanidine groups is 2. The molecule has 0 unspecified atom stereocenters. The summed E-state index contributed by atoms with van der Waals surface area (Å²) in [5.74, 6) is -3.14. The fourth-order valence-electron chi connectivity index (χ4n) is 0.288. The molecule has 0 aromatic rings. The van der Waals surface area contributed by atoms with Gasteiger partial charge < -0.3 is 21.7 Å². The minimum atomic E-state index is -1.26. The van der Waals surface area contributed by atoms with Crippen molar-refractivity contribution in [2.75, 3.05) is 0 Å². The molecule has 0 aliphatic heterocycles. The smallest absolute Gasteiger partial charge is 0.328 e. The first kappa shape index (κ1) is 14.9. The lowest BCUT2D eigenvalue weighted by Gasteiger charge is -1.95. The highest BCUT2D eigenvalue weighted by atomic mass is 16.4. The second-order valence-corrected chi connectivity index (χ2v) is 1.96. The molecule has 0 aliphatic carbocycles. The van der Waals surface area contributed by atoms with Crippen molar-refractivity contribution in [3.05, 3.63) is 12.2 Å². The van der Waals surface area contributed by atoms with Crippen LogP contribution in [0.25, 0.3) is 0 Å². The van der Waals surface area contributed by atoms with E-state index in [1.807, 2.05) is 5.32 Å². The molecule has 15 heavy (non-hydrogen) atoms. The number of nitrogens with two attached hydrogens (primary N) is 2. The number of rotatable bonds is 2. The van der Waals surface area contributed by atoms with Crippen molar-refractivity contribution in [3.8, 4) is 0 Å². The van der Waals surface area contributed by atoms with Gasteiger partial charge in [0.1, 0.15) is 0 Å². The van der Waals surface area contributed by atoms with E-state index in [2.05, 4.69) is 0 Å². The van der Waals surface area contributed by atoms with Crippen LogP contribution in [0.15, 0.2) is 12.2 Å². The second-order valence-electron chi connectivity index (χ2n) is 1.96. The lowest BCUT2D eigenvalue weighted by atomic mass is 10.5. The molecule has 0 bridgehead atoms. The Kier molecular flexibility index (Phi) is 7.99. The number of nitrogens with one attached hydrogen (secondary N) is 3. The quantitative estimate of drug-likeness (QED) is 0.159. The molecule has 0 spiro atoms. The Morgan fingerprint density at radius 3 is 1.33 bits per heavy atom. The van der Waals surface area contributed by atoms with Crippen LogP contribution in [0.4, 0.5) is 0 Å². The third-order valence-electron chi connectivity index (χ3n) is 0.638. The van der Waals surface area contributed by atoms with E-state index in [9.17, 15) is 9.59 Å². The average molecular weight is 217 g/mol. The summed E-state index contributed by atoms with van der Waals surface area (Å²) in [5, 5.41) is 30.6. The summed E-state index contributed by atoms with van der Waals surface area (Å²) < 4.78 is 0. The lowest BCUT2D eigenvalue weighted by molar-refractivity contribution is -0.134. The van der Waals surface area contributed by atoms with E-state index in [0.29, 0.717) is 12.2 Å². The summed E-state index contributed by atoms with van der Waals surface area (Å²) in [4.78, 5) is 19.1. The largest absolute Gasteiger partial charge is 0.478 e. The van der Waals surface area contributed by atoms with Gasteiger partial charge in [0.2, 0.25) is 0 Å². The summed E-state index contributed by atoms with van der Waals surface area (Å²) in [6.07, 6.45) is 1.12. The van der Waals surface area contributed by atoms with Crippen LogP contribution in [-0.2, 0) is 9.59 Å². The normalized spacial score (nSPS) is 8.53. The number of hydrogen-bond acceptors (Lipinski definition) is 4. The van der Waals surface area contributed by atoms with Crippen molar-refractivity contribution in [2.45, 2.75) is 0 Å². The monoisotopic (exact) mass is 217 g/mol. The molecule has 9 heteroatoms. The Labute approximate surface area is 84.4 Å². The maximum absolute atomic E-state index is 9.55. The van der Waals surface area contributed by atoms with Crippen molar-refractivity contribution in [1.82, 2.24) is 5.32 Å². The lowest BCUT2D eigenvalue weighted by Crippen LogP contribution is -2.39. The van der Waals surface area contributed by atoms with E-state index < -0.39 is 11.9 Å². The summed E-state index contributed by atoms with van der Waals surface area (Å²) in [5.41, 5.74) is 9.49. The molecule has 0 saturated carbocycles. The predicted molar refractivity (Wildman–Crippen MR) is 51.4 cm³/mol. The van der Waals surface area contributed by atoms with Gasteiger partial charge in [-0.25, -0.2) is 9.59 Å². The Morgan fingerprint density at radius 1 is 1.00 bits per heavy atom. The highest BCUT2D eigenvalue weighted by Gasteiger charge is 1.88. The van der Waals surface area contributed by atoms with Gasteiger partial charge in [-0.15, -0.1) is 0 Å². The van der Waals surface area contributed by atoms with E-state index in [4.69, 9.17) is 32.5 Å². The standard InChI is InChI=1S/C4H4O4.C2H7N5/c5-3(6)1-2-4(7)8;3-1(4)7-2(5)6/h1-2H,(H,5,6)(H,7,8);(H7,3,4,5,6,7)/b2-1-;. The molecule has 0 aromatic carbocycles. The van der Waals surface area contributed by atoms with Gasteiger partial charge in [0, 0.05) is 12.2 Å². The first-order valence-corrected chi connectivity index (χ1v) is 3.34. The molecule has 9 nitrogen and oxygen atoms in total. The van der Waals surface area contributed by atoms with Gasteiger partial charge in [0.05, 0.1) is 0 Å². The van der Waals surface area contributed by atoms with E-state index >= 15 is 0 Å². The van der Waals surface area contributed by atoms with Gasteiger partial charge >= 0.3 is 11.9 Å². The maximum Gasteiger partial charge on any atom is 0.328 e. The zero-order valence-corrected chi connectivity index (χ0v) is 7.52. The number of carbonyl (C=O) groups is 2. The molecule has 0 amide bonds. The molecule has 0 aliphatic rings. The minimum Gasteiger partial charge on any atom is -0.478 e. The molecule has 0 aromatic heterocycles. The van der Waals surface area contributed by atoms with Crippen LogP contribution in [0, 0.1) is 10.8 Å². The highest BCUT2D eigenvalue weighted by molar-refractivity contribution is 5.93. The Balaban J connectivity index is 0. The van der Waals surface area contributed by atoms with E-state index in [0.717, 1.165) is 0 Å². The Morgan fingerprint density at radius 2 is 1.27 bits per heavy atom. The van der Waals surface area contributed by atoms with Crippen LogP contribution < -0.4 is 16.8 Å². The van der Waals surface area contributed by atoms with Gasteiger partial charge in [-0.1, -0.05) is 0 Å². The zero-order chi connectivity index (χ0) is 12.4. The molecule has 0 atom stereocenters. The zero-order valence-electron chi connectivity index (χ0n) is 7.52. The van der Waals surface area contributed by atoms with E-state index in [1.54, 1.807) is 0 Å². The Hall–Kier alpha value is -2.58. The summed E-state index contributed by atoms with van der Waals surface area (Å²) >= 11 is 0. The molecule has 0 saturated heterocycles. The fourth-order valence-corrected chi connectivity index (χ4v) is 0.288. The molecule has 84 valence electrons. The number of aliphatic carboxylic acids is 2. The van der Waals surface area contributed by atoms with E-state index in [1.165, 1.54) is 0 Å². The number of carboxylic acid groups (broad SMARTS) is 2. The van der Waals surface area contributed by atoms with Crippen molar-refractivity contribution >= 4 is 23.9 Å².